The van der Waals surface area contributed by atoms with Crippen molar-refractivity contribution in [3.8, 4) is 0 Å². The number of ether oxygens (including phenoxy) is 1. The maximum absolute atomic E-state index is 12.8. The largest absolute Gasteiger partial charge is 0.376 e. The van der Waals surface area contributed by atoms with E-state index in [1.165, 1.54) is 11.3 Å². The molecule has 2 aliphatic heterocycles. The second-order valence-corrected chi connectivity index (χ2v) is 10.2. The zero-order chi connectivity index (χ0) is 20.0. The van der Waals surface area contributed by atoms with E-state index in [9.17, 15) is 18.0 Å². The van der Waals surface area contributed by atoms with Gasteiger partial charge in [-0.1, -0.05) is 12.5 Å². The Bertz CT molecular complexity index is 760. The van der Waals surface area contributed by atoms with Gasteiger partial charge < -0.3 is 15.4 Å². The fraction of sp³-hybridized carbons (Fsp3) is 0.667. The maximum Gasteiger partial charge on any atom is 0.309 e. The molecule has 0 aliphatic carbocycles. The molecule has 1 aromatic heterocycles. The van der Waals surface area contributed by atoms with E-state index < -0.39 is 21.8 Å². The molecule has 28 heavy (non-hydrogen) atoms. The smallest absolute Gasteiger partial charge is 0.309 e. The van der Waals surface area contributed by atoms with Crippen LogP contribution in [0.4, 0.5) is 0 Å². The SMILES string of the molecule is O=C(NCC[C@@H]1CCCCN1S(=O)(=O)c1cccs1)C(=O)NC[C@@H]1CCCO1. The number of rotatable bonds is 7. The number of carbonyl (C=O) groups excluding carboxylic acids is 2. The number of sulfonamides is 1. The number of carbonyl (C=O) groups is 2. The molecule has 8 nitrogen and oxygen atoms in total. The molecule has 2 N–H and O–H groups in total. The number of piperidine rings is 1. The van der Waals surface area contributed by atoms with Crippen LogP contribution in [0.3, 0.4) is 0 Å². The first-order valence-corrected chi connectivity index (χ1v) is 12.0. The van der Waals surface area contributed by atoms with Crippen LogP contribution in [0.25, 0.3) is 0 Å². The predicted molar refractivity (Wildman–Crippen MR) is 105 cm³/mol. The van der Waals surface area contributed by atoms with Crippen molar-refractivity contribution < 1.29 is 22.7 Å². The number of amides is 2. The van der Waals surface area contributed by atoms with Gasteiger partial charge in [0.05, 0.1) is 6.10 Å². The fourth-order valence-corrected chi connectivity index (χ4v) is 6.47. The molecule has 10 heteroatoms. The topological polar surface area (TPSA) is 105 Å². The number of thiophene rings is 1. The highest BCUT2D eigenvalue weighted by molar-refractivity contribution is 7.91. The highest BCUT2D eigenvalue weighted by Crippen LogP contribution is 2.29. The molecule has 0 bridgehead atoms. The lowest BCUT2D eigenvalue weighted by atomic mass is 10.0. The first kappa shape index (κ1) is 21.2. The summed E-state index contributed by atoms with van der Waals surface area (Å²) in [4.78, 5) is 23.8. The van der Waals surface area contributed by atoms with Gasteiger partial charge in [0, 0.05) is 32.3 Å². The van der Waals surface area contributed by atoms with Crippen molar-refractivity contribution in [3.05, 3.63) is 17.5 Å². The van der Waals surface area contributed by atoms with E-state index >= 15 is 0 Å². The van der Waals surface area contributed by atoms with Crippen LogP contribution < -0.4 is 10.6 Å². The van der Waals surface area contributed by atoms with Crippen LogP contribution in [-0.4, -0.2) is 62.9 Å². The van der Waals surface area contributed by atoms with Gasteiger partial charge in [-0.15, -0.1) is 11.3 Å². The molecular formula is C18H27N3O5S2. The van der Waals surface area contributed by atoms with Crippen LogP contribution in [0.15, 0.2) is 21.7 Å². The molecular weight excluding hydrogens is 402 g/mol. The zero-order valence-electron chi connectivity index (χ0n) is 15.8. The molecule has 156 valence electrons. The van der Waals surface area contributed by atoms with Crippen molar-refractivity contribution in [2.75, 3.05) is 26.2 Å². The highest BCUT2D eigenvalue weighted by Gasteiger charge is 2.33. The van der Waals surface area contributed by atoms with Crippen molar-refractivity contribution in [1.82, 2.24) is 14.9 Å². The Morgan fingerprint density at radius 2 is 2.00 bits per heavy atom. The summed E-state index contributed by atoms with van der Waals surface area (Å²) in [6, 6.07) is 3.17. The van der Waals surface area contributed by atoms with Crippen LogP contribution in [0.5, 0.6) is 0 Å². The number of hydrogen-bond donors (Lipinski definition) is 2. The van der Waals surface area contributed by atoms with E-state index in [4.69, 9.17) is 4.74 Å². The molecule has 2 saturated heterocycles. The van der Waals surface area contributed by atoms with Crippen molar-refractivity contribution in [2.45, 2.75) is 54.9 Å². The number of nitrogens with one attached hydrogen (secondary N) is 2. The Balaban J connectivity index is 1.47. The average molecular weight is 430 g/mol. The maximum atomic E-state index is 12.8. The van der Waals surface area contributed by atoms with Gasteiger partial charge >= 0.3 is 11.8 Å². The quantitative estimate of drug-likeness (QED) is 0.632. The fourth-order valence-electron chi connectivity index (χ4n) is 3.63. The summed E-state index contributed by atoms with van der Waals surface area (Å²) in [6.45, 7) is 1.77. The molecule has 2 amide bonds. The molecule has 2 fully saturated rings. The van der Waals surface area contributed by atoms with Gasteiger partial charge in [0.15, 0.2) is 0 Å². The Kier molecular flexibility index (Phi) is 7.44. The molecule has 1 aromatic rings. The average Bonchev–Trinajstić information content (AvgIpc) is 3.40. The van der Waals surface area contributed by atoms with E-state index in [1.54, 1.807) is 21.8 Å². The zero-order valence-corrected chi connectivity index (χ0v) is 17.4. The minimum atomic E-state index is -3.51. The van der Waals surface area contributed by atoms with Gasteiger partial charge in [0.1, 0.15) is 4.21 Å². The number of nitrogens with zero attached hydrogens (tertiary/aromatic N) is 1. The van der Waals surface area contributed by atoms with Crippen molar-refractivity contribution in [2.24, 2.45) is 0 Å². The lowest BCUT2D eigenvalue weighted by Crippen LogP contribution is -2.46. The summed E-state index contributed by atoms with van der Waals surface area (Å²) >= 11 is 1.21. The Morgan fingerprint density at radius 1 is 1.18 bits per heavy atom. The summed E-state index contributed by atoms with van der Waals surface area (Å²) < 4.78 is 33.0. The predicted octanol–water partition coefficient (Wildman–Crippen LogP) is 1.09. The molecule has 2 aliphatic rings. The van der Waals surface area contributed by atoms with Gasteiger partial charge in [0.2, 0.25) is 0 Å². The third kappa shape index (κ3) is 5.31. The summed E-state index contributed by atoms with van der Waals surface area (Å²) in [5, 5.41) is 6.94. The lowest BCUT2D eigenvalue weighted by Gasteiger charge is -2.34. The molecule has 0 saturated carbocycles. The third-order valence-electron chi connectivity index (χ3n) is 5.11. The standard InChI is InChI=1S/C18H27N3O5S2/c22-17(18(23)20-13-15-6-3-11-26-15)19-9-8-14-5-1-2-10-21(14)28(24,25)16-7-4-12-27-16/h4,7,12,14-15H,1-3,5-6,8-11,13H2,(H,19,22)(H,20,23)/t14-,15-/m0/s1. The summed E-state index contributed by atoms with van der Waals surface area (Å²) in [5.74, 6) is -1.37. The third-order valence-corrected chi connectivity index (χ3v) is 8.44. The van der Waals surface area contributed by atoms with Crippen molar-refractivity contribution in [3.63, 3.8) is 0 Å². The highest BCUT2D eigenvalue weighted by atomic mass is 32.2. The minimum Gasteiger partial charge on any atom is -0.376 e. The van der Waals surface area contributed by atoms with E-state index in [0.29, 0.717) is 30.3 Å². The van der Waals surface area contributed by atoms with Crippen molar-refractivity contribution in [1.29, 1.82) is 0 Å². The van der Waals surface area contributed by atoms with E-state index in [0.717, 1.165) is 32.1 Å². The first-order valence-electron chi connectivity index (χ1n) is 9.71. The monoisotopic (exact) mass is 429 g/mol. The Morgan fingerprint density at radius 3 is 2.71 bits per heavy atom. The van der Waals surface area contributed by atoms with Gasteiger partial charge in [-0.3, -0.25) is 9.59 Å². The van der Waals surface area contributed by atoms with E-state index in [-0.39, 0.29) is 18.7 Å². The van der Waals surface area contributed by atoms with E-state index in [1.807, 2.05) is 0 Å². The van der Waals surface area contributed by atoms with Gasteiger partial charge in [0.25, 0.3) is 10.0 Å². The van der Waals surface area contributed by atoms with Gasteiger partial charge in [-0.2, -0.15) is 4.31 Å². The van der Waals surface area contributed by atoms with Crippen molar-refractivity contribution >= 4 is 33.2 Å². The van der Waals surface area contributed by atoms with Gasteiger partial charge in [-0.05, 0) is 43.6 Å². The number of hydrogen-bond acceptors (Lipinski definition) is 6. The van der Waals surface area contributed by atoms with E-state index in [2.05, 4.69) is 10.6 Å². The van der Waals surface area contributed by atoms with Crippen LogP contribution in [-0.2, 0) is 24.3 Å². The first-order chi connectivity index (χ1) is 13.5. The molecule has 0 radical (unpaired) electrons. The summed E-state index contributed by atoms with van der Waals surface area (Å²) in [6.07, 6.45) is 4.86. The molecule has 0 spiro atoms. The van der Waals surface area contributed by atoms with Crippen LogP contribution >= 0.6 is 11.3 Å². The Labute approximate surface area is 169 Å². The van der Waals surface area contributed by atoms with Gasteiger partial charge in [-0.25, -0.2) is 8.42 Å². The molecule has 0 unspecified atom stereocenters. The molecule has 2 atom stereocenters. The van der Waals surface area contributed by atoms with Crippen LogP contribution in [0.2, 0.25) is 0 Å². The minimum absolute atomic E-state index is 0.0185. The Hall–Kier alpha value is -1.49. The van der Waals surface area contributed by atoms with Crippen LogP contribution in [0.1, 0.15) is 38.5 Å². The molecule has 3 heterocycles. The van der Waals surface area contributed by atoms with Crippen LogP contribution in [0, 0.1) is 0 Å². The second-order valence-electron chi connectivity index (χ2n) is 7.09. The molecule has 0 aromatic carbocycles. The normalized spacial score (nSPS) is 23.4. The molecule has 3 rings (SSSR count). The summed E-state index contributed by atoms with van der Waals surface area (Å²) in [5.41, 5.74) is 0. The second kappa shape index (κ2) is 9.82. The summed E-state index contributed by atoms with van der Waals surface area (Å²) in [7, 11) is -3.51. The lowest BCUT2D eigenvalue weighted by molar-refractivity contribution is -0.139.